The normalized spacial score (nSPS) is 19.2. The summed E-state index contributed by atoms with van der Waals surface area (Å²) < 4.78 is 44.5. The number of ether oxygens (including phenoxy) is 1. The second kappa shape index (κ2) is 5.77. The van der Waals surface area contributed by atoms with Crippen molar-refractivity contribution in [2.75, 3.05) is 13.1 Å². The topological polar surface area (TPSA) is 34.1 Å². The Morgan fingerprint density at radius 2 is 2.00 bits per heavy atom. The molecule has 0 aromatic carbocycles. The first-order valence-corrected chi connectivity index (χ1v) is 6.34. The van der Waals surface area contributed by atoms with Gasteiger partial charge in [-0.3, -0.25) is 0 Å². The summed E-state index contributed by atoms with van der Waals surface area (Å²) in [6, 6.07) is 4.83. The third-order valence-electron chi connectivity index (χ3n) is 3.25. The van der Waals surface area contributed by atoms with Gasteiger partial charge in [-0.25, -0.2) is 4.98 Å². The van der Waals surface area contributed by atoms with Gasteiger partial charge in [-0.2, -0.15) is 13.2 Å². The molecule has 2 rings (SSSR count). The fourth-order valence-electron chi connectivity index (χ4n) is 2.29. The van der Waals surface area contributed by atoms with E-state index in [9.17, 15) is 13.2 Å². The van der Waals surface area contributed by atoms with Crippen LogP contribution in [0.5, 0.6) is 5.88 Å². The number of nitrogens with zero attached hydrogens (tertiary/aromatic N) is 1. The molecule has 0 radical (unpaired) electrons. The van der Waals surface area contributed by atoms with Crippen LogP contribution in [0.3, 0.4) is 0 Å². The molecule has 3 nitrogen and oxygen atoms in total. The maximum atomic E-state index is 13.1. The number of alkyl halides is 3. The summed E-state index contributed by atoms with van der Waals surface area (Å²) in [5, 5.41) is 3.06. The highest BCUT2D eigenvalue weighted by Crippen LogP contribution is 2.33. The fourth-order valence-corrected chi connectivity index (χ4v) is 2.29. The minimum absolute atomic E-state index is 0.0425. The molecule has 1 unspecified atom stereocenters. The monoisotopic (exact) mass is 274 g/mol. The van der Waals surface area contributed by atoms with E-state index >= 15 is 0 Å². The standard InChI is InChI=1S/C13H17F3N2O/c1-9-3-2-4-11(18-9)19-12(13(14,15)16)10-5-7-17-8-6-10/h2-4,10,12,17H,5-8H2,1H3. The van der Waals surface area contributed by atoms with Crippen LogP contribution in [-0.4, -0.2) is 30.4 Å². The molecule has 106 valence electrons. The van der Waals surface area contributed by atoms with Gasteiger partial charge in [0.25, 0.3) is 0 Å². The number of nitrogens with one attached hydrogen (secondary N) is 1. The van der Waals surface area contributed by atoms with Crippen molar-refractivity contribution in [1.29, 1.82) is 0 Å². The van der Waals surface area contributed by atoms with Gasteiger partial charge in [0.2, 0.25) is 5.88 Å². The van der Waals surface area contributed by atoms with E-state index in [0.29, 0.717) is 31.6 Å². The average Bonchev–Trinajstić information content (AvgIpc) is 2.36. The van der Waals surface area contributed by atoms with Crippen molar-refractivity contribution in [3.05, 3.63) is 23.9 Å². The number of hydrogen-bond donors (Lipinski definition) is 1. The van der Waals surface area contributed by atoms with Crippen LogP contribution in [0.25, 0.3) is 0 Å². The lowest BCUT2D eigenvalue weighted by atomic mass is 9.91. The maximum Gasteiger partial charge on any atom is 0.425 e. The van der Waals surface area contributed by atoms with Crippen LogP contribution in [-0.2, 0) is 0 Å². The van der Waals surface area contributed by atoms with E-state index in [1.54, 1.807) is 19.1 Å². The second-order valence-corrected chi connectivity index (χ2v) is 4.78. The second-order valence-electron chi connectivity index (χ2n) is 4.78. The van der Waals surface area contributed by atoms with E-state index in [1.165, 1.54) is 6.07 Å². The zero-order valence-electron chi connectivity index (χ0n) is 10.7. The first-order valence-electron chi connectivity index (χ1n) is 6.34. The molecule has 0 aliphatic carbocycles. The number of aryl methyl sites for hydroxylation is 1. The molecule has 1 saturated heterocycles. The summed E-state index contributed by atoms with van der Waals surface area (Å²) in [4.78, 5) is 3.98. The van der Waals surface area contributed by atoms with Crippen LogP contribution in [0.2, 0.25) is 0 Å². The smallest absolute Gasteiger partial charge is 0.425 e. The van der Waals surface area contributed by atoms with Crippen LogP contribution >= 0.6 is 0 Å². The molecule has 1 N–H and O–H groups in total. The number of rotatable bonds is 3. The molecule has 6 heteroatoms. The molecule has 0 bridgehead atoms. The van der Waals surface area contributed by atoms with E-state index in [-0.39, 0.29) is 5.88 Å². The van der Waals surface area contributed by atoms with Crippen molar-refractivity contribution in [1.82, 2.24) is 10.3 Å². The van der Waals surface area contributed by atoms with Gasteiger partial charge >= 0.3 is 6.18 Å². The number of halogens is 3. The lowest BCUT2D eigenvalue weighted by Crippen LogP contribution is -2.45. The Kier molecular flexibility index (Phi) is 4.29. The van der Waals surface area contributed by atoms with Gasteiger partial charge in [-0.05, 0) is 38.9 Å². The molecule has 1 aromatic heterocycles. The fraction of sp³-hybridized carbons (Fsp3) is 0.615. The third-order valence-corrected chi connectivity index (χ3v) is 3.25. The first kappa shape index (κ1) is 14.1. The highest BCUT2D eigenvalue weighted by Gasteiger charge is 2.47. The van der Waals surface area contributed by atoms with E-state index in [0.717, 1.165) is 0 Å². The molecule has 0 amide bonds. The average molecular weight is 274 g/mol. The third kappa shape index (κ3) is 3.83. The van der Waals surface area contributed by atoms with Crippen molar-refractivity contribution in [3.63, 3.8) is 0 Å². The maximum absolute atomic E-state index is 13.1. The van der Waals surface area contributed by atoms with Gasteiger partial charge in [0.05, 0.1) is 0 Å². The van der Waals surface area contributed by atoms with Crippen LogP contribution in [0, 0.1) is 12.8 Å². The minimum Gasteiger partial charge on any atom is -0.464 e. The van der Waals surface area contributed by atoms with Crippen molar-refractivity contribution >= 4 is 0 Å². The van der Waals surface area contributed by atoms with Crippen molar-refractivity contribution in [3.8, 4) is 5.88 Å². The quantitative estimate of drug-likeness (QED) is 0.920. The van der Waals surface area contributed by atoms with Crippen LogP contribution < -0.4 is 10.1 Å². The number of hydrogen-bond acceptors (Lipinski definition) is 3. The summed E-state index contributed by atoms with van der Waals surface area (Å²) in [5.41, 5.74) is 0.642. The Labute approximate surface area is 110 Å². The molecule has 0 spiro atoms. The Balaban J connectivity index is 2.14. The predicted octanol–water partition coefficient (Wildman–Crippen LogP) is 2.70. The Morgan fingerprint density at radius 3 is 2.58 bits per heavy atom. The summed E-state index contributed by atoms with van der Waals surface area (Å²) in [6.45, 7) is 2.92. The largest absolute Gasteiger partial charge is 0.464 e. The summed E-state index contributed by atoms with van der Waals surface area (Å²) >= 11 is 0. The molecule has 1 fully saturated rings. The highest BCUT2D eigenvalue weighted by molar-refractivity contribution is 5.15. The van der Waals surface area contributed by atoms with Gasteiger partial charge < -0.3 is 10.1 Å². The van der Waals surface area contributed by atoms with Gasteiger partial charge in [-0.1, -0.05) is 6.07 Å². The van der Waals surface area contributed by atoms with Crippen molar-refractivity contribution in [2.45, 2.75) is 32.0 Å². The molecular formula is C13H17F3N2O. The van der Waals surface area contributed by atoms with Gasteiger partial charge in [0, 0.05) is 17.7 Å². The molecule has 1 atom stereocenters. The Morgan fingerprint density at radius 1 is 1.32 bits per heavy atom. The predicted molar refractivity (Wildman–Crippen MR) is 65.0 cm³/mol. The van der Waals surface area contributed by atoms with Crippen molar-refractivity contribution < 1.29 is 17.9 Å². The molecule has 1 aliphatic rings. The molecular weight excluding hydrogens is 257 g/mol. The Hall–Kier alpha value is -1.30. The molecule has 19 heavy (non-hydrogen) atoms. The summed E-state index contributed by atoms with van der Waals surface area (Å²) in [5.74, 6) is -0.468. The zero-order valence-corrected chi connectivity index (χ0v) is 10.7. The van der Waals surface area contributed by atoms with Gasteiger partial charge in [0.1, 0.15) is 0 Å². The van der Waals surface area contributed by atoms with Gasteiger partial charge in [0.15, 0.2) is 6.10 Å². The number of piperidine rings is 1. The minimum atomic E-state index is -4.37. The number of aromatic nitrogens is 1. The molecule has 1 aromatic rings. The van der Waals surface area contributed by atoms with Gasteiger partial charge in [-0.15, -0.1) is 0 Å². The SMILES string of the molecule is Cc1cccc(OC(C2CCNCC2)C(F)(F)F)n1. The van der Waals surface area contributed by atoms with E-state index in [4.69, 9.17) is 4.74 Å². The summed E-state index contributed by atoms with van der Waals surface area (Å²) in [6.07, 6.45) is -5.21. The summed E-state index contributed by atoms with van der Waals surface area (Å²) in [7, 11) is 0. The van der Waals surface area contributed by atoms with Crippen LogP contribution in [0.15, 0.2) is 18.2 Å². The van der Waals surface area contributed by atoms with Crippen LogP contribution in [0.1, 0.15) is 18.5 Å². The highest BCUT2D eigenvalue weighted by atomic mass is 19.4. The lowest BCUT2D eigenvalue weighted by molar-refractivity contribution is -0.213. The molecule has 1 aliphatic heterocycles. The van der Waals surface area contributed by atoms with Crippen LogP contribution in [0.4, 0.5) is 13.2 Å². The van der Waals surface area contributed by atoms with E-state index in [2.05, 4.69) is 10.3 Å². The van der Waals surface area contributed by atoms with E-state index in [1.807, 2.05) is 0 Å². The first-order chi connectivity index (χ1) is 8.97. The zero-order chi connectivity index (χ0) is 13.9. The Bertz CT molecular complexity index is 417. The lowest BCUT2D eigenvalue weighted by Gasteiger charge is -2.31. The molecule has 2 heterocycles. The molecule has 0 saturated carbocycles. The van der Waals surface area contributed by atoms with Crippen molar-refractivity contribution in [2.24, 2.45) is 5.92 Å². The van der Waals surface area contributed by atoms with E-state index < -0.39 is 18.2 Å². The number of pyridine rings is 1.